The number of aliphatic hydroxyl groups excluding tert-OH is 1. The molecule has 31 heavy (non-hydrogen) atoms. The van der Waals surface area contributed by atoms with Crippen molar-refractivity contribution >= 4 is 18.0 Å². The molecule has 8 heteroatoms. The van der Waals surface area contributed by atoms with Gasteiger partial charge in [0.15, 0.2) is 0 Å². The van der Waals surface area contributed by atoms with Crippen molar-refractivity contribution in [2.24, 2.45) is 0 Å². The Hall–Kier alpha value is -3.39. The van der Waals surface area contributed by atoms with Crippen LogP contribution in [0.2, 0.25) is 0 Å². The van der Waals surface area contributed by atoms with Gasteiger partial charge in [0.05, 0.1) is 18.6 Å². The minimum atomic E-state index is -1.33. The first-order valence-electron chi connectivity index (χ1n) is 9.98. The summed E-state index contributed by atoms with van der Waals surface area (Å²) >= 11 is 0. The minimum absolute atomic E-state index is 0.0450. The maximum atomic E-state index is 12.4. The summed E-state index contributed by atoms with van der Waals surface area (Å²) in [6, 6.07) is 14.4. The zero-order valence-corrected chi connectivity index (χ0v) is 17.4. The number of ether oxygens (including phenoxy) is 1. The fraction of sp³-hybridized carbons (Fsp3) is 0.348. The van der Waals surface area contributed by atoms with Gasteiger partial charge in [0, 0.05) is 5.92 Å². The average Bonchev–Trinajstić information content (AvgIpc) is 3.05. The highest BCUT2D eigenvalue weighted by Crippen LogP contribution is 2.44. The van der Waals surface area contributed by atoms with Gasteiger partial charge in [0.25, 0.3) is 0 Å². The Bertz CT molecular complexity index is 942. The molecular weight excluding hydrogens is 400 g/mol. The molecule has 1 aliphatic rings. The van der Waals surface area contributed by atoms with Crippen molar-refractivity contribution in [1.82, 2.24) is 10.6 Å². The van der Waals surface area contributed by atoms with Gasteiger partial charge in [-0.05, 0) is 36.1 Å². The Labute approximate surface area is 180 Å². The lowest BCUT2D eigenvalue weighted by molar-refractivity contribution is -0.140. The first kappa shape index (κ1) is 22.3. The summed E-state index contributed by atoms with van der Waals surface area (Å²) in [6.07, 6.45) is -1.50. The van der Waals surface area contributed by atoms with E-state index in [1.54, 1.807) is 13.8 Å². The van der Waals surface area contributed by atoms with Crippen LogP contribution in [0.25, 0.3) is 11.1 Å². The first-order chi connectivity index (χ1) is 14.7. The van der Waals surface area contributed by atoms with Crippen LogP contribution in [0.1, 0.15) is 37.3 Å². The molecule has 0 heterocycles. The lowest BCUT2D eigenvalue weighted by atomic mass is 9.98. The van der Waals surface area contributed by atoms with E-state index in [0.717, 1.165) is 22.3 Å². The fourth-order valence-corrected chi connectivity index (χ4v) is 3.63. The summed E-state index contributed by atoms with van der Waals surface area (Å²) in [6.45, 7) is 2.86. The molecule has 8 nitrogen and oxygen atoms in total. The summed E-state index contributed by atoms with van der Waals surface area (Å²) in [5.41, 5.74) is 3.29. The van der Waals surface area contributed by atoms with Crippen molar-refractivity contribution < 1.29 is 29.3 Å². The predicted octanol–water partition coefficient (Wildman–Crippen LogP) is 2.26. The van der Waals surface area contributed by atoms with E-state index < -0.39 is 36.0 Å². The van der Waals surface area contributed by atoms with Crippen molar-refractivity contribution in [2.45, 2.75) is 37.8 Å². The van der Waals surface area contributed by atoms with E-state index in [1.165, 1.54) is 0 Å². The minimum Gasteiger partial charge on any atom is -0.481 e. The van der Waals surface area contributed by atoms with Gasteiger partial charge in [0.2, 0.25) is 5.91 Å². The molecule has 0 radical (unpaired) electrons. The van der Waals surface area contributed by atoms with Crippen LogP contribution in [0, 0.1) is 0 Å². The molecule has 2 aromatic rings. The van der Waals surface area contributed by atoms with Gasteiger partial charge in [0.1, 0.15) is 12.6 Å². The normalized spacial score (nSPS) is 13.6. The highest BCUT2D eigenvalue weighted by molar-refractivity contribution is 5.89. The Morgan fingerprint density at radius 1 is 1.03 bits per heavy atom. The third-order valence-corrected chi connectivity index (χ3v) is 5.19. The number of carboxylic acid groups (broad SMARTS) is 1. The van der Waals surface area contributed by atoms with Crippen molar-refractivity contribution in [2.75, 3.05) is 13.2 Å². The standard InChI is InChI=1S/C23H26N2O6/c1-23(2,13-26)25-21(29)19(11-20(27)28)24-22(30)31-12-18-16-9-5-3-7-14(16)15-8-4-6-10-17(15)18/h3-10,18-19,26H,11-13H2,1-2H3,(H,24,30)(H,25,29)(H,27,28). The molecule has 4 N–H and O–H groups in total. The number of carboxylic acids is 1. The van der Waals surface area contributed by atoms with E-state index in [0.29, 0.717) is 0 Å². The smallest absolute Gasteiger partial charge is 0.407 e. The zero-order valence-electron chi connectivity index (χ0n) is 17.4. The van der Waals surface area contributed by atoms with E-state index in [4.69, 9.17) is 9.84 Å². The maximum Gasteiger partial charge on any atom is 0.407 e. The zero-order chi connectivity index (χ0) is 22.6. The number of hydrogen-bond donors (Lipinski definition) is 4. The SMILES string of the molecule is CC(C)(CO)NC(=O)C(CC(=O)O)NC(=O)OCC1c2ccccc2-c2ccccc21. The van der Waals surface area contributed by atoms with Crippen LogP contribution in [0.4, 0.5) is 4.79 Å². The van der Waals surface area contributed by atoms with Crippen LogP contribution in [0.5, 0.6) is 0 Å². The summed E-state index contributed by atoms with van der Waals surface area (Å²) in [4.78, 5) is 36.0. The number of aliphatic carboxylic acids is 1. The molecule has 2 amide bonds. The van der Waals surface area contributed by atoms with Gasteiger partial charge in [-0.3, -0.25) is 9.59 Å². The van der Waals surface area contributed by atoms with Gasteiger partial charge in [-0.2, -0.15) is 0 Å². The molecule has 0 bridgehead atoms. The fourth-order valence-electron chi connectivity index (χ4n) is 3.63. The first-order valence-corrected chi connectivity index (χ1v) is 9.98. The third kappa shape index (κ3) is 5.21. The van der Waals surface area contributed by atoms with E-state index >= 15 is 0 Å². The van der Waals surface area contributed by atoms with Crippen LogP contribution < -0.4 is 10.6 Å². The second-order valence-corrected chi connectivity index (χ2v) is 8.15. The lowest BCUT2D eigenvalue weighted by Gasteiger charge is -2.26. The van der Waals surface area contributed by atoms with Crippen molar-refractivity contribution in [3.05, 3.63) is 59.7 Å². The average molecular weight is 426 g/mol. The molecule has 0 fully saturated rings. The maximum absolute atomic E-state index is 12.4. The van der Waals surface area contributed by atoms with E-state index in [-0.39, 0.29) is 19.1 Å². The van der Waals surface area contributed by atoms with Crippen LogP contribution in [-0.2, 0) is 14.3 Å². The molecule has 0 saturated heterocycles. The molecule has 1 unspecified atom stereocenters. The number of rotatable bonds is 8. The molecule has 1 atom stereocenters. The summed E-state index contributed by atoms with van der Waals surface area (Å²) in [5, 5.41) is 23.3. The number of amides is 2. The molecule has 0 saturated carbocycles. The van der Waals surface area contributed by atoms with E-state index in [1.807, 2.05) is 48.5 Å². The molecule has 1 aliphatic carbocycles. The highest BCUT2D eigenvalue weighted by atomic mass is 16.5. The van der Waals surface area contributed by atoms with Crippen LogP contribution in [0.3, 0.4) is 0 Å². The van der Waals surface area contributed by atoms with Gasteiger partial charge in [-0.15, -0.1) is 0 Å². The van der Waals surface area contributed by atoms with Crippen molar-refractivity contribution in [1.29, 1.82) is 0 Å². The number of fused-ring (bicyclic) bond motifs is 3. The van der Waals surface area contributed by atoms with Crippen LogP contribution in [0.15, 0.2) is 48.5 Å². The Kier molecular flexibility index (Phi) is 6.60. The molecule has 2 aromatic carbocycles. The monoisotopic (exact) mass is 426 g/mol. The number of nitrogens with one attached hydrogen (secondary N) is 2. The third-order valence-electron chi connectivity index (χ3n) is 5.19. The summed E-state index contributed by atoms with van der Waals surface area (Å²) in [7, 11) is 0. The van der Waals surface area contributed by atoms with Crippen LogP contribution in [-0.4, -0.2) is 53.0 Å². The van der Waals surface area contributed by atoms with Gasteiger partial charge < -0.3 is 25.6 Å². The highest BCUT2D eigenvalue weighted by Gasteiger charge is 2.31. The van der Waals surface area contributed by atoms with E-state index in [9.17, 15) is 19.5 Å². The second-order valence-electron chi connectivity index (χ2n) is 8.15. The largest absolute Gasteiger partial charge is 0.481 e. The van der Waals surface area contributed by atoms with E-state index in [2.05, 4.69) is 10.6 Å². The number of carbonyl (C=O) groups is 3. The lowest BCUT2D eigenvalue weighted by Crippen LogP contribution is -2.55. The molecule has 0 aliphatic heterocycles. The van der Waals surface area contributed by atoms with Crippen molar-refractivity contribution in [3.63, 3.8) is 0 Å². The molecule has 0 spiro atoms. The quantitative estimate of drug-likeness (QED) is 0.513. The van der Waals surface area contributed by atoms with Crippen LogP contribution >= 0.6 is 0 Å². The number of aliphatic hydroxyl groups is 1. The Morgan fingerprint density at radius 2 is 1.58 bits per heavy atom. The van der Waals surface area contributed by atoms with Gasteiger partial charge >= 0.3 is 12.1 Å². The summed E-state index contributed by atoms with van der Waals surface area (Å²) in [5.74, 6) is -2.12. The van der Waals surface area contributed by atoms with Crippen molar-refractivity contribution in [3.8, 4) is 11.1 Å². The topological polar surface area (TPSA) is 125 Å². The second kappa shape index (κ2) is 9.18. The predicted molar refractivity (Wildman–Crippen MR) is 114 cm³/mol. The number of carbonyl (C=O) groups excluding carboxylic acids is 2. The number of hydrogen-bond acceptors (Lipinski definition) is 5. The number of benzene rings is 2. The number of alkyl carbamates (subject to hydrolysis) is 1. The molecule has 3 rings (SSSR count). The van der Waals surface area contributed by atoms with Gasteiger partial charge in [-0.25, -0.2) is 4.79 Å². The molecule has 0 aromatic heterocycles. The Morgan fingerprint density at radius 3 is 2.10 bits per heavy atom. The molecular formula is C23H26N2O6. The molecule has 164 valence electrons. The van der Waals surface area contributed by atoms with Gasteiger partial charge in [-0.1, -0.05) is 48.5 Å². The summed E-state index contributed by atoms with van der Waals surface area (Å²) < 4.78 is 5.39. The Balaban J connectivity index is 1.68.